The highest BCUT2D eigenvalue weighted by Crippen LogP contribution is 2.27. The van der Waals surface area contributed by atoms with Gasteiger partial charge < -0.3 is 0 Å². The van der Waals surface area contributed by atoms with Gasteiger partial charge in [-0.3, -0.25) is 0 Å². The van der Waals surface area contributed by atoms with Gasteiger partial charge in [0.15, 0.2) is 0 Å². The molecule has 0 atom stereocenters. The van der Waals surface area contributed by atoms with E-state index in [9.17, 15) is 8.42 Å². The second-order valence-corrected chi connectivity index (χ2v) is 6.08. The third-order valence-electron chi connectivity index (χ3n) is 2.77. The lowest BCUT2D eigenvalue weighted by atomic mass is 9.83. The predicted octanol–water partition coefficient (Wildman–Crippen LogP) is 2.39. The molecule has 0 bridgehead atoms. The van der Waals surface area contributed by atoms with Gasteiger partial charge in [-0.15, -0.1) is 0 Å². The Balaban J connectivity index is 0.000000921. The minimum atomic E-state index is -2.99. The van der Waals surface area contributed by atoms with Crippen LogP contribution in [-0.2, 0) is 10.0 Å². The maximum atomic E-state index is 10.8. The van der Waals surface area contributed by atoms with Crippen molar-refractivity contribution in [3.05, 3.63) is 0 Å². The van der Waals surface area contributed by atoms with Crippen molar-refractivity contribution in [3.63, 3.8) is 0 Å². The Hall–Kier alpha value is -0.0900. The zero-order valence-electron chi connectivity index (χ0n) is 10.4. The summed E-state index contributed by atoms with van der Waals surface area (Å²) in [5, 5.41) is 0. The second-order valence-electron chi connectivity index (χ2n) is 4.25. The van der Waals surface area contributed by atoms with E-state index in [0.29, 0.717) is 12.5 Å². The summed E-state index contributed by atoms with van der Waals surface area (Å²) in [4.78, 5) is 0. The van der Waals surface area contributed by atoms with E-state index in [2.05, 4.69) is 11.6 Å². The summed E-state index contributed by atoms with van der Waals surface area (Å²) in [5.74, 6) is 1.39. The molecule has 15 heavy (non-hydrogen) atoms. The molecular formula is C11H25NO2S. The molecule has 0 spiro atoms. The molecule has 0 amide bonds. The monoisotopic (exact) mass is 235 g/mol. The van der Waals surface area contributed by atoms with E-state index in [1.54, 1.807) is 0 Å². The molecule has 0 heterocycles. The van der Waals surface area contributed by atoms with Crippen LogP contribution in [0.1, 0.15) is 46.5 Å². The fraction of sp³-hybridized carbons (Fsp3) is 1.00. The van der Waals surface area contributed by atoms with Crippen molar-refractivity contribution in [2.45, 2.75) is 46.5 Å². The van der Waals surface area contributed by atoms with Crippen molar-refractivity contribution >= 4 is 10.0 Å². The van der Waals surface area contributed by atoms with Crippen molar-refractivity contribution < 1.29 is 8.42 Å². The maximum Gasteiger partial charge on any atom is 0.208 e. The molecule has 0 aromatic rings. The van der Waals surface area contributed by atoms with Crippen molar-refractivity contribution in [1.29, 1.82) is 0 Å². The Morgan fingerprint density at radius 1 is 1.13 bits per heavy atom. The van der Waals surface area contributed by atoms with Crippen LogP contribution in [-0.4, -0.2) is 21.2 Å². The van der Waals surface area contributed by atoms with Crippen LogP contribution in [0.2, 0.25) is 0 Å². The van der Waals surface area contributed by atoms with Crippen LogP contribution in [0.3, 0.4) is 0 Å². The maximum absolute atomic E-state index is 10.8. The standard InChI is InChI=1S/C9H19NO2S.C2H6/c1-8-3-5-9(6-4-8)7-10-13(2,11)12;1-2/h8-10H,3-7H2,1-2H3;1-2H3. The quantitative estimate of drug-likeness (QED) is 0.816. The van der Waals surface area contributed by atoms with Gasteiger partial charge in [0, 0.05) is 6.54 Å². The van der Waals surface area contributed by atoms with E-state index in [1.165, 1.54) is 31.9 Å². The second kappa shape index (κ2) is 7.23. The summed E-state index contributed by atoms with van der Waals surface area (Å²) in [6.45, 7) is 6.89. The molecule has 1 N–H and O–H groups in total. The molecule has 1 aliphatic rings. The van der Waals surface area contributed by atoms with Crippen molar-refractivity contribution in [2.75, 3.05) is 12.8 Å². The molecule has 1 aliphatic carbocycles. The Morgan fingerprint density at radius 2 is 1.60 bits per heavy atom. The van der Waals surface area contributed by atoms with E-state index >= 15 is 0 Å². The Morgan fingerprint density at radius 3 is 2.00 bits per heavy atom. The van der Waals surface area contributed by atoms with Gasteiger partial charge in [-0.05, 0) is 24.7 Å². The van der Waals surface area contributed by atoms with E-state index in [4.69, 9.17) is 0 Å². The summed E-state index contributed by atoms with van der Waals surface area (Å²) in [5.41, 5.74) is 0. The molecular weight excluding hydrogens is 210 g/mol. The number of sulfonamides is 1. The fourth-order valence-corrected chi connectivity index (χ4v) is 2.34. The van der Waals surface area contributed by atoms with Crippen LogP contribution in [0.25, 0.3) is 0 Å². The van der Waals surface area contributed by atoms with E-state index in [1.807, 2.05) is 13.8 Å². The molecule has 0 saturated heterocycles. The summed E-state index contributed by atoms with van der Waals surface area (Å²) < 4.78 is 24.2. The van der Waals surface area contributed by atoms with Crippen LogP contribution in [0.4, 0.5) is 0 Å². The summed E-state index contributed by atoms with van der Waals surface area (Å²) in [6.07, 6.45) is 6.05. The summed E-state index contributed by atoms with van der Waals surface area (Å²) in [7, 11) is -2.99. The van der Waals surface area contributed by atoms with Crippen molar-refractivity contribution in [1.82, 2.24) is 4.72 Å². The van der Waals surface area contributed by atoms with E-state index in [0.717, 1.165) is 5.92 Å². The molecule has 1 rings (SSSR count). The smallest absolute Gasteiger partial charge is 0.208 e. The first-order valence-corrected chi connectivity index (χ1v) is 7.81. The van der Waals surface area contributed by atoms with Gasteiger partial charge in [-0.1, -0.05) is 33.6 Å². The first-order valence-electron chi connectivity index (χ1n) is 5.92. The van der Waals surface area contributed by atoms with Crippen LogP contribution in [0, 0.1) is 11.8 Å². The van der Waals surface area contributed by atoms with Crippen LogP contribution >= 0.6 is 0 Å². The van der Waals surface area contributed by atoms with Crippen LogP contribution in [0.15, 0.2) is 0 Å². The lowest BCUT2D eigenvalue weighted by molar-refractivity contribution is 0.291. The van der Waals surface area contributed by atoms with Crippen molar-refractivity contribution in [2.24, 2.45) is 11.8 Å². The molecule has 0 radical (unpaired) electrons. The molecule has 3 nitrogen and oxygen atoms in total. The molecule has 0 aromatic carbocycles. The van der Waals surface area contributed by atoms with Gasteiger partial charge in [0.05, 0.1) is 6.26 Å². The third-order valence-corrected chi connectivity index (χ3v) is 3.46. The van der Waals surface area contributed by atoms with Gasteiger partial charge in [-0.2, -0.15) is 0 Å². The van der Waals surface area contributed by atoms with Crippen LogP contribution < -0.4 is 4.72 Å². The number of hydrogen-bond acceptors (Lipinski definition) is 2. The Bertz CT molecular complexity index is 241. The topological polar surface area (TPSA) is 46.2 Å². The molecule has 1 fully saturated rings. The van der Waals surface area contributed by atoms with Gasteiger partial charge in [0.1, 0.15) is 0 Å². The van der Waals surface area contributed by atoms with Gasteiger partial charge >= 0.3 is 0 Å². The first-order chi connectivity index (χ1) is 6.97. The summed E-state index contributed by atoms with van der Waals surface area (Å²) in [6, 6.07) is 0. The average molecular weight is 235 g/mol. The van der Waals surface area contributed by atoms with E-state index in [-0.39, 0.29) is 0 Å². The van der Waals surface area contributed by atoms with E-state index < -0.39 is 10.0 Å². The predicted molar refractivity (Wildman–Crippen MR) is 65.3 cm³/mol. The summed E-state index contributed by atoms with van der Waals surface area (Å²) >= 11 is 0. The van der Waals surface area contributed by atoms with Crippen LogP contribution in [0.5, 0.6) is 0 Å². The van der Waals surface area contributed by atoms with Gasteiger partial charge in [0.2, 0.25) is 10.0 Å². The number of rotatable bonds is 3. The number of hydrogen-bond donors (Lipinski definition) is 1. The first kappa shape index (κ1) is 14.9. The highest BCUT2D eigenvalue weighted by Gasteiger charge is 2.18. The molecule has 0 aliphatic heterocycles. The molecule has 0 aromatic heterocycles. The normalized spacial score (nSPS) is 26.7. The zero-order chi connectivity index (χ0) is 11.9. The minimum absolute atomic E-state index is 0.561. The molecule has 92 valence electrons. The molecule has 1 saturated carbocycles. The fourth-order valence-electron chi connectivity index (χ4n) is 1.80. The zero-order valence-corrected chi connectivity index (χ0v) is 11.2. The highest BCUT2D eigenvalue weighted by molar-refractivity contribution is 7.88. The molecule has 4 heteroatoms. The lowest BCUT2D eigenvalue weighted by Crippen LogP contribution is -2.30. The largest absolute Gasteiger partial charge is 0.215 e. The molecule has 0 unspecified atom stereocenters. The Labute approximate surface area is 94.7 Å². The highest BCUT2D eigenvalue weighted by atomic mass is 32.2. The SMILES string of the molecule is CC.CC1CCC(CNS(C)(=O)=O)CC1. The van der Waals surface area contributed by atoms with Gasteiger partial charge in [0.25, 0.3) is 0 Å². The van der Waals surface area contributed by atoms with Gasteiger partial charge in [-0.25, -0.2) is 13.1 Å². The Kier molecular flexibility index (Phi) is 7.18. The average Bonchev–Trinajstić information content (AvgIpc) is 2.19. The number of nitrogens with one attached hydrogen (secondary N) is 1. The van der Waals surface area contributed by atoms with Crippen molar-refractivity contribution in [3.8, 4) is 0 Å². The lowest BCUT2D eigenvalue weighted by Gasteiger charge is -2.25. The minimum Gasteiger partial charge on any atom is -0.215 e. The third kappa shape index (κ3) is 7.79.